The van der Waals surface area contributed by atoms with Crippen LogP contribution < -0.4 is 16.4 Å². The lowest BCUT2D eigenvalue weighted by Gasteiger charge is -2.12. The van der Waals surface area contributed by atoms with Crippen LogP contribution in [-0.2, 0) is 4.79 Å². The maximum absolute atomic E-state index is 13.4. The Labute approximate surface area is 131 Å². The maximum atomic E-state index is 13.4. The molecule has 0 aliphatic heterocycles. The molecule has 0 heterocycles. The lowest BCUT2D eigenvalue weighted by atomic mass is 10.2. The Morgan fingerprint density at radius 1 is 0.957 bits per heavy atom. The molecule has 2 aromatic rings. The number of carbonyl (C=O) groups is 2. The quantitative estimate of drug-likeness (QED) is 0.791. The molecular formula is C16H15F2N3O2. The standard InChI is InChI=1S/C16H15F2N3O2/c17-11-3-1-2-10(8-11)16(23)21-13-5-4-12(18)9-14(13)20-15(22)6-7-19/h1-5,8-9H,6-7,19H2,(H,20,22)(H,21,23). The summed E-state index contributed by atoms with van der Waals surface area (Å²) in [6.07, 6.45) is 0.0633. The van der Waals surface area contributed by atoms with Gasteiger partial charge in [0, 0.05) is 18.5 Å². The van der Waals surface area contributed by atoms with Gasteiger partial charge in [0.15, 0.2) is 0 Å². The van der Waals surface area contributed by atoms with Crippen molar-refractivity contribution in [1.82, 2.24) is 0 Å². The van der Waals surface area contributed by atoms with Gasteiger partial charge in [0.05, 0.1) is 11.4 Å². The molecule has 0 saturated heterocycles. The largest absolute Gasteiger partial charge is 0.330 e. The Kier molecular flexibility index (Phi) is 5.37. The summed E-state index contributed by atoms with van der Waals surface area (Å²) >= 11 is 0. The van der Waals surface area contributed by atoms with Crippen LogP contribution >= 0.6 is 0 Å². The summed E-state index contributed by atoms with van der Waals surface area (Å²) in [5.41, 5.74) is 5.69. The van der Waals surface area contributed by atoms with Gasteiger partial charge in [0.25, 0.3) is 5.91 Å². The molecule has 0 bridgehead atoms. The van der Waals surface area contributed by atoms with Gasteiger partial charge < -0.3 is 16.4 Å². The average molecular weight is 319 g/mol. The van der Waals surface area contributed by atoms with Gasteiger partial charge in [0.2, 0.25) is 5.91 Å². The minimum absolute atomic E-state index is 0.0633. The van der Waals surface area contributed by atoms with E-state index >= 15 is 0 Å². The molecule has 2 rings (SSSR count). The van der Waals surface area contributed by atoms with Crippen LogP contribution in [0.1, 0.15) is 16.8 Å². The number of benzene rings is 2. The van der Waals surface area contributed by atoms with Crippen molar-refractivity contribution in [3.63, 3.8) is 0 Å². The second-order valence-corrected chi connectivity index (χ2v) is 4.74. The van der Waals surface area contributed by atoms with Crippen molar-refractivity contribution in [2.75, 3.05) is 17.2 Å². The zero-order valence-electron chi connectivity index (χ0n) is 12.1. The molecule has 0 saturated carbocycles. The molecule has 120 valence electrons. The fraction of sp³-hybridized carbons (Fsp3) is 0.125. The molecule has 2 amide bonds. The van der Waals surface area contributed by atoms with Crippen molar-refractivity contribution in [2.45, 2.75) is 6.42 Å². The Hall–Kier alpha value is -2.80. The number of hydrogen-bond donors (Lipinski definition) is 3. The van der Waals surface area contributed by atoms with Crippen molar-refractivity contribution in [2.24, 2.45) is 5.73 Å². The third-order valence-corrected chi connectivity index (χ3v) is 2.96. The normalized spacial score (nSPS) is 10.2. The number of nitrogens with two attached hydrogens (primary N) is 1. The van der Waals surface area contributed by atoms with E-state index < -0.39 is 23.4 Å². The number of rotatable bonds is 5. The van der Waals surface area contributed by atoms with E-state index in [-0.39, 0.29) is 29.9 Å². The highest BCUT2D eigenvalue weighted by Crippen LogP contribution is 2.23. The fourth-order valence-corrected chi connectivity index (χ4v) is 1.90. The number of nitrogens with one attached hydrogen (secondary N) is 2. The van der Waals surface area contributed by atoms with E-state index in [2.05, 4.69) is 10.6 Å². The molecule has 4 N–H and O–H groups in total. The molecule has 0 spiro atoms. The van der Waals surface area contributed by atoms with Crippen molar-refractivity contribution in [3.05, 3.63) is 59.7 Å². The molecule has 0 unspecified atom stereocenters. The van der Waals surface area contributed by atoms with Gasteiger partial charge in [-0.2, -0.15) is 0 Å². The molecular weight excluding hydrogens is 304 g/mol. The second-order valence-electron chi connectivity index (χ2n) is 4.74. The van der Waals surface area contributed by atoms with E-state index in [4.69, 9.17) is 5.73 Å². The van der Waals surface area contributed by atoms with Gasteiger partial charge in [0.1, 0.15) is 11.6 Å². The summed E-state index contributed by atoms with van der Waals surface area (Å²) in [6, 6.07) is 8.66. The van der Waals surface area contributed by atoms with E-state index in [9.17, 15) is 18.4 Å². The highest BCUT2D eigenvalue weighted by atomic mass is 19.1. The number of carbonyl (C=O) groups excluding carboxylic acids is 2. The predicted molar refractivity (Wildman–Crippen MR) is 83.1 cm³/mol. The first-order valence-corrected chi connectivity index (χ1v) is 6.86. The van der Waals surface area contributed by atoms with Crippen molar-refractivity contribution in [1.29, 1.82) is 0 Å². The molecule has 0 aliphatic rings. The lowest BCUT2D eigenvalue weighted by Crippen LogP contribution is -2.19. The van der Waals surface area contributed by atoms with E-state index in [1.165, 1.54) is 24.3 Å². The maximum Gasteiger partial charge on any atom is 0.255 e. The van der Waals surface area contributed by atoms with Gasteiger partial charge in [-0.25, -0.2) is 8.78 Å². The third kappa shape index (κ3) is 4.58. The fourth-order valence-electron chi connectivity index (χ4n) is 1.90. The second kappa shape index (κ2) is 7.46. The molecule has 0 aromatic heterocycles. The molecule has 2 aromatic carbocycles. The number of amides is 2. The van der Waals surface area contributed by atoms with Gasteiger partial charge in [-0.1, -0.05) is 6.07 Å². The van der Waals surface area contributed by atoms with E-state index in [0.29, 0.717) is 0 Å². The van der Waals surface area contributed by atoms with Crippen molar-refractivity contribution < 1.29 is 18.4 Å². The first-order chi connectivity index (χ1) is 11.0. The Balaban J connectivity index is 2.22. The topological polar surface area (TPSA) is 84.2 Å². The van der Waals surface area contributed by atoms with Crippen molar-refractivity contribution >= 4 is 23.2 Å². The van der Waals surface area contributed by atoms with Gasteiger partial charge in [-0.05, 0) is 36.4 Å². The summed E-state index contributed by atoms with van der Waals surface area (Å²) in [4.78, 5) is 23.7. The first kappa shape index (κ1) is 16.6. The minimum Gasteiger partial charge on any atom is -0.330 e. The van der Waals surface area contributed by atoms with Crippen LogP contribution in [0.15, 0.2) is 42.5 Å². The van der Waals surface area contributed by atoms with Gasteiger partial charge >= 0.3 is 0 Å². The highest BCUT2D eigenvalue weighted by molar-refractivity contribution is 6.07. The van der Waals surface area contributed by atoms with Crippen LogP contribution in [0.5, 0.6) is 0 Å². The first-order valence-electron chi connectivity index (χ1n) is 6.86. The third-order valence-electron chi connectivity index (χ3n) is 2.96. The predicted octanol–water partition coefficient (Wildman–Crippen LogP) is 2.50. The van der Waals surface area contributed by atoms with Crippen LogP contribution in [0.3, 0.4) is 0 Å². The molecule has 7 heteroatoms. The van der Waals surface area contributed by atoms with Gasteiger partial charge in [-0.3, -0.25) is 9.59 Å². The van der Waals surface area contributed by atoms with Crippen LogP contribution in [-0.4, -0.2) is 18.4 Å². The summed E-state index contributed by atoms with van der Waals surface area (Å²) < 4.78 is 26.5. The Morgan fingerprint density at radius 2 is 1.70 bits per heavy atom. The van der Waals surface area contributed by atoms with Crippen LogP contribution in [0.25, 0.3) is 0 Å². The van der Waals surface area contributed by atoms with Crippen LogP contribution in [0.4, 0.5) is 20.2 Å². The number of halogens is 2. The minimum atomic E-state index is -0.578. The Bertz CT molecular complexity index is 735. The van der Waals surface area contributed by atoms with E-state index in [1.54, 1.807) is 0 Å². The average Bonchev–Trinajstić information content (AvgIpc) is 2.50. The van der Waals surface area contributed by atoms with E-state index in [0.717, 1.165) is 18.2 Å². The molecule has 0 fully saturated rings. The molecule has 5 nitrogen and oxygen atoms in total. The molecule has 0 aliphatic carbocycles. The number of anilines is 2. The molecule has 23 heavy (non-hydrogen) atoms. The zero-order chi connectivity index (χ0) is 16.8. The Morgan fingerprint density at radius 3 is 2.39 bits per heavy atom. The highest BCUT2D eigenvalue weighted by Gasteiger charge is 2.12. The van der Waals surface area contributed by atoms with Gasteiger partial charge in [-0.15, -0.1) is 0 Å². The SMILES string of the molecule is NCCC(=O)Nc1cc(F)ccc1NC(=O)c1cccc(F)c1. The summed E-state index contributed by atoms with van der Waals surface area (Å²) in [5, 5.41) is 4.98. The van der Waals surface area contributed by atoms with E-state index in [1.807, 2.05) is 0 Å². The van der Waals surface area contributed by atoms with Crippen LogP contribution in [0.2, 0.25) is 0 Å². The molecule has 0 atom stereocenters. The summed E-state index contributed by atoms with van der Waals surface area (Å²) in [7, 11) is 0. The molecule has 0 radical (unpaired) electrons. The summed E-state index contributed by atoms with van der Waals surface area (Å²) in [6.45, 7) is 0.145. The number of hydrogen-bond acceptors (Lipinski definition) is 3. The van der Waals surface area contributed by atoms with Crippen LogP contribution in [0, 0.1) is 11.6 Å². The monoisotopic (exact) mass is 319 g/mol. The smallest absolute Gasteiger partial charge is 0.255 e. The lowest BCUT2D eigenvalue weighted by molar-refractivity contribution is -0.116. The van der Waals surface area contributed by atoms with Crippen molar-refractivity contribution in [3.8, 4) is 0 Å². The summed E-state index contributed by atoms with van der Waals surface area (Å²) in [5.74, 6) is -2.10. The zero-order valence-corrected chi connectivity index (χ0v) is 12.1.